The zero-order valence-electron chi connectivity index (χ0n) is 34.4. The van der Waals surface area contributed by atoms with Crippen molar-refractivity contribution in [1.29, 1.82) is 0 Å². The predicted octanol–water partition coefficient (Wildman–Crippen LogP) is -3.46. The van der Waals surface area contributed by atoms with E-state index in [9.17, 15) is 55.2 Å². The summed E-state index contributed by atoms with van der Waals surface area (Å²) in [5, 5.41) is 90.6. The van der Waals surface area contributed by atoms with Crippen molar-refractivity contribution < 1.29 is 78.6 Å². The second-order valence-electron chi connectivity index (χ2n) is 15.4. The van der Waals surface area contributed by atoms with Gasteiger partial charge in [0.05, 0.1) is 38.3 Å². The lowest BCUT2D eigenvalue weighted by molar-refractivity contribution is -0.359. The molecule has 336 valence electrons. The summed E-state index contributed by atoms with van der Waals surface area (Å²) in [7, 11) is 7.59. The highest BCUT2D eigenvalue weighted by atomic mass is 16.7. The third-order valence-electron chi connectivity index (χ3n) is 10.8. The minimum atomic E-state index is -1.82. The fraction of sp³-hybridized carbons (Fsp3) is 0.476. The molecule has 1 aliphatic carbocycles. The van der Waals surface area contributed by atoms with Crippen molar-refractivity contribution in [2.24, 2.45) is 0 Å². The second-order valence-corrected chi connectivity index (χ2v) is 15.4. The van der Waals surface area contributed by atoms with Crippen LogP contribution in [0.2, 0.25) is 0 Å². The number of amides is 2. The molecule has 0 saturated carbocycles. The largest absolute Gasteiger partial charge is 0.545 e. The van der Waals surface area contributed by atoms with Crippen LogP contribution in [0, 0.1) is 0 Å². The Hall–Kier alpha value is -5.10. The zero-order valence-corrected chi connectivity index (χ0v) is 34.4. The first kappa shape index (κ1) is 46.4. The van der Waals surface area contributed by atoms with Gasteiger partial charge in [0.25, 0.3) is 5.91 Å². The number of aromatic carboxylic acids is 1. The van der Waals surface area contributed by atoms with Gasteiger partial charge in [0.2, 0.25) is 11.3 Å². The molecule has 2 aromatic carbocycles. The minimum absolute atomic E-state index is 0.0177. The monoisotopic (exact) mass is 868 g/mol. The molecule has 0 aromatic heterocycles. The SMILES string of the molecule is CN(C)c1ccc2c(-c3ccc(C(=O)NCCNC(=O)CCO[C@@H]4O[C@H](CO)[C@@H](O[C@@H]5O[C@H](CO)[C@H](O)[C@H](O)[C@H]5O)[C@H](O)[C@H]4O)cc3C(=O)[O-])c3ccc(=[N+](C)C)cc-3oc2c1. The van der Waals surface area contributed by atoms with Crippen molar-refractivity contribution in [2.75, 3.05) is 66.0 Å². The molecular formula is C42H52N4O16. The minimum Gasteiger partial charge on any atom is -0.545 e. The van der Waals surface area contributed by atoms with E-state index in [1.807, 2.05) is 74.1 Å². The molecule has 3 heterocycles. The Morgan fingerprint density at radius 3 is 2.15 bits per heavy atom. The van der Waals surface area contributed by atoms with Gasteiger partial charge in [-0.2, -0.15) is 0 Å². The van der Waals surface area contributed by atoms with Gasteiger partial charge in [0, 0.05) is 72.6 Å². The van der Waals surface area contributed by atoms with Gasteiger partial charge in [0.1, 0.15) is 74.3 Å². The molecule has 2 aromatic rings. The number of ether oxygens (including phenoxy) is 4. The van der Waals surface area contributed by atoms with Crippen LogP contribution >= 0.6 is 0 Å². The summed E-state index contributed by atoms with van der Waals surface area (Å²) in [6, 6.07) is 15.5. The van der Waals surface area contributed by atoms with Crippen molar-refractivity contribution in [3.8, 4) is 22.5 Å². The van der Waals surface area contributed by atoms with Crippen molar-refractivity contribution in [3.05, 3.63) is 71.1 Å². The molecule has 0 bridgehead atoms. The molecule has 10 atom stereocenters. The van der Waals surface area contributed by atoms with Crippen molar-refractivity contribution in [3.63, 3.8) is 0 Å². The molecule has 2 saturated heterocycles. The maximum absolute atomic E-state index is 13.2. The first-order chi connectivity index (χ1) is 29.5. The van der Waals surface area contributed by atoms with Gasteiger partial charge in [-0.1, -0.05) is 6.07 Å². The van der Waals surface area contributed by atoms with Crippen LogP contribution in [0.15, 0.2) is 59.0 Å². The van der Waals surface area contributed by atoms with Crippen LogP contribution in [0.1, 0.15) is 27.1 Å². The predicted molar refractivity (Wildman–Crippen MR) is 216 cm³/mol. The number of aliphatic hydroxyl groups excluding tert-OH is 7. The molecule has 0 unspecified atom stereocenters. The normalized spacial score (nSPS) is 26.3. The lowest BCUT2D eigenvalue weighted by Gasteiger charge is -2.45. The fourth-order valence-corrected chi connectivity index (χ4v) is 7.32. The highest BCUT2D eigenvalue weighted by Gasteiger charge is 2.50. The van der Waals surface area contributed by atoms with Gasteiger partial charge in [0.15, 0.2) is 12.6 Å². The lowest BCUT2D eigenvalue weighted by Crippen LogP contribution is -2.64. The summed E-state index contributed by atoms with van der Waals surface area (Å²) < 4.78 is 30.1. The van der Waals surface area contributed by atoms with Crippen LogP contribution < -0.4 is 30.6 Å². The summed E-state index contributed by atoms with van der Waals surface area (Å²) in [5.41, 5.74) is 2.81. The van der Waals surface area contributed by atoms with Crippen molar-refractivity contribution in [2.45, 2.75) is 67.8 Å². The van der Waals surface area contributed by atoms with E-state index in [0.29, 0.717) is 33.4 Å². The van der Waals surface area contributed by atoms with E-state index in [1.165, 1.54) is 12.1 Å². The van der Waals surface area contributed by atoms with E-state index in [-0.39, 0.29) is 37.2 Å². The van der Waals surface area contributed by atoms with Crippen LogP contribution in [0.25, 0.3) is 33.4 Å². The molecule has 9 N–H and O–H groups in total. The van der Waals surface area contributed by atoms with Crippen molar-refractivity contribution in [1.82, 2.24) is 15.2 Å². The summed E-state index contributed by atoms with van der Waals surface area (Å²) in [4.78, 5) is 40.3. The van der Waals surface area contributed by atoms with E-state index in [0.717, 1.165) is 11.0 Å². The second kappa shape index (κ2) is 19.9. The van der Waals surface area contributed by atoms with E-state index >= 15 is 0 Å². The molecule has 0 spiro atoms. The number of hydrogen-bond acceptors (Lipinski definition) is 17. The number of carboxylic acids is 1. The fourth-order valence-electron chi connectivity index (χ4n) is 7.32. The third kappa shape index (κ3) is 9.90. The Morgan fingerprint density at radius 2 is 1.47 bits per heavy atom. The molecule has 4 aliphatic rings. The Balaban J connectivity index is 1.04. The van der Waals surface area contributed by atoms with Crippen molar-refractivity contribution >= 4 is 34.4 Å². The summed E-state index contributed by atoms with van der Waals surface area (Å²) in [5.74, 6) is -2.08. The number of anilines is 1. The Bertz CT molecular complexity index is 2280. The number of carboxylic acid groups (broad SMARTS) is 1. The topological polar surface area (TPSA) is 296 Å². The van der Waals surface area contributed by atoms with Gasteiger partial charge in [-0.25, -0.2) is 4.58 Å². The van der Waals surface area contributed by atoms with E-state index < -0.39 is 92.4 Å². The number of benzene rings is 3. The smallest absolute Gasteiger partial charge is 0.251 e. The number of hydrogen-bond donors (Lipinski definition) is 9. The Labute approximate surface area is 355 Å². The van der Waals surface area contributed by atoms with Gasteiger partial charge >= 0.3 is 0 Å². The maximum Gasteiger partial charge on any atom is 0.251 e. The standard InChI is InChI=1S/C42H52N4O16/c1-45(2)21-6-9-24-27(16-21)59-28-17-22(46(3)4)7-10-25(28)32(24)23-8-5-20(15-26(23)40(56)57)39(55)44-13-12-43-31(49)11-14-58-41-37(54)35(52)38(30(19-48)61-41)62-42-36(53)34(51)33(50)29(18-47)60-42/h5-10,15-17,29-30,33-38,41-42,47-48,50-54H,11-14,18-19H2,1-4H3,(H2-,43,44,49,55,56,57)/t29-,30-,33+,34+,35-,36-,37-,38-,41-,42+/m1/s1. The zero-order chi connectivity index (χ0) is 45.0. The molecule has 3 aliphatic heterocycles. The summed E-state index contributed by atoms with van der Waals surface area (Å²) in [6.07, 6.45) is -16.4. The van der Waals surface area contributed by atoms with Gasteiger partial charge in [-0.05, 0) is 35.9 Å². The van der Waals surface area contributed by atoms with Crippen LogP contribution in [-0.4, -0.2) is 176 Å². The van der Waals surface area contributed by atoms with Gasteiger partial charge in [-0.3, -0.25) is 9.59 Å². The van der Waals surface area contributed by atoms with E-state index in [4.69, 9.17) is 23.4 Å². The molecule has 20 nitrogen and oxygen atoms in total. The number of nitrogens with one attached hydrogen (secondary N) is 2. The van der Waals surface area contributed by atoms with E-state index in [1.54, 1.807) is 6.07 Å². The average molecular weight is 869 g/mol. The van der Waals surface area contributed by atoms with Gasteiger partial charge < -0.3 is 84.5 Å². The van der Waals surface area contributed by atoms with Crippen LogP contribution in [-0.2, 0) is 23.7 Å². The molecule has 0 radical (unpaired) electrons. The van der Waals surface area contributed by atoms with Gasteiger partial charge in [-0.15, -0.1) is 0 Å². The average Bonchev–Trinajstić information content (AvgIpc) is 3.25. The molecule has 6 rings (SSSR count). The van der Waals surface area contributed by atoms with E-state index in [2.05, 4.69) is 10.6 Å². The number of fused-ring (bicyclic) bond motifs is 2. The molecule has 2 amide bonds. The molecule has 2 fully saturated rings. The first-order valence-corrected chi connectivity index (χ1v) is 19.8. The Morgan fingerprint density at radius 1 is 0.790 bits per heavy atom. The van der Waals surface area contributed by atoms with Crippen LogP contribution in [0.3, 0.4) is 0 Å². The molecule has 62 heavy (non-hydrogen) atoms. The maximum atomic E-state index is 13.2. The molecule has 20 heteroatoms. The Kier molecular flexibility index (Phi) is 14.9. The quantitative estimate of drug-likeness (QED) is 0.0319. The number of carbonyl (C=O) groups is 3. The highest BCUT2D eigenvalue weighted by Crippen LogP contribution is 2.42. The number of nitrogens with zero attached hydrogens (tertiary/aromatic N) is 2. The summed E-state index contributed by atoms with van der Waals surface area (Å²) in [6.45, 7) is -1.85. The lowest BCUT2D eigenvalue weighted by atomic mass is 9.89. The van der Waals surface area contributed by atoms with Crippen LogP contribution in [0.4, 0.5) is 5.69 Å². The number of rotatable bonds is 15. The third-order valence-corrected chi connectivity index (χ3v) is 10.8. The molecular weight excluding hydrogens is 816 g/mol. The number of aliphatic hydroxyl groups is 7. The van der Waals surface area contributed by atoms with Crippen LogP contribution in [0.5, 0.6) is 0 Å². The highest BCUT2D eigenvalue weighted by molar-refractivity contribution is 6.09. The summed E-state index contributed by atoms with van der Waals surface area (Å²) >= 11 is 0. The number of carbonyl (C=O) groups excluding carboxylic acids is 3. The first-order valence-electron chi connectivity index (χ1n) is 19.8.